The maximum absolute atomic E-state index is 7.28. The molecule has 0 bridgehead atoms. The van der Waals surface area contributed by atoms with Gasteiger partial charge < -0.3 is 13.6 Å². The van der Waals surface area contributed by atoms with Crippen molar-refractivity contribution in [3.8, 4) is 67.8 Å². The van der Waals surface area contributed by atoms with Gasteiger partial charge in [0.1, 0.15) is 0 Å². The number of hydrogen-bond acceptors (Lipinski definition) is 4. The molecule has 0 saturated carbocycles. The molecule has 4 heterocycles. The third kappa shape index (κ3) is 6.23. The fraction of sp³-hybridized carbons (Fsp3) is 0. The number of aromatic nitrogens is 5. The fourth-order valence-electron chi connectivity index (χ4n) is 10.4. The van der Waals surface area contributed by atoms with Gasteiger partial charge in [0.2, 0.25) is 0 Å². The van der Waals surface area contributed by atoms with Crippen molar-refractivity contribution >= 4 is 65.6 Å². The summed E-state index contributed by atoms with van der Waals surface area (Å²) in [5.41, 5.74) is 15.2. The minimum atomic E-state index is 0.592. The van der Waals surface area contributed by atoms with Crippen LogP contribution in [0.4, 0.5) is 0 Å². The molecule has 0 spiro atoms. The molecular formula is C63H39N5O. The molecule has 0 aliphatic rings. The van der Waals surface area contributed by atoms with E-state index in [0.29, 0.717) is 17.5 Å². The molecule has 0 aliphatic carbocycles. The second kappa shape index (κ2) is 15.6. The summed E-state index contributed by atoms with van der Waals surface area (Å²) in [7, 11) is 0. The van der Waals surface area contributed by atoms with E-state index < -0.39 is 0 Å². The number of hydrogen-bond donors (Lipinski definition) is 0. The lowest BCUT2D eigenvalue weighted by Gasteiger charge is -2.13. The van der Waals surface area contributed by atoms with Gasteiger partial charge in [-0.3, -0.25) is 0 Å². The highest BCUT2D eigenvalue weighted by atomic mass is 16.3. The largest absolute Gasteiger partial charge is 0.452 e. The maximum Gasteiger partial charge on any atom is 0.164 e. The van der Waals surface area contributed by atoms with E-state index in [9.17, 15) is 0 Å². The van der Waals surface area contributed by atoms with Crippen molar-refractivity contribution in [1.82, 2.24) is 24.1 Å². The van der Waals surface area contributed by atoms with E-state index in [2.05, 4.69) is 228 Å². The molecule has 10 aromatic carbocycles. The predicted octanol–water partition coefficient (Wildman–Crippen LogP) is 16.3. The Kier molecular flexibility index (Phi) is 8.79. The van der Waals surface area contributed by atoms with Gasteiger partial charge >= 0.3 is 0 Å². The van der Waals surface area contributed by atoms with E-state index in [4.69, 9.17) is 19.4 Å². The molecule has 0 aliphatic heterocycles. The Morgan fingerprint density at radius 1 is 0.275 bits per heavy atom. The van der Waals surface area contributed by atoms with Crippen LogP contribution in [0, 0.1) is 0 Å². The van der Waals surface area contributed by atoms with E-state index in [1.54, 1.807) is 0 Å². The van der Waals surface area contributed by atoms with Crippen LogP contribution >= 0.6 is 0 Å². The smallest absolute Gasteiger partial charge is 0.164 e. The number of furan rings is 1. The molecule has 0 radical (unpaired) electrons. The molecule has 14 aromatic rings. The molecule has 0 saturated heterocycles. The first-order chi connectivity index (χ1) is 34.2. The summed E-state index contributed by atoms with van der Waals surface area (Å²) in [6, 6.07) is 83.0. The first-order valence-corrected chi connectivity index (χ1v) is 23.3. The highest BCUT2D eigenvalue weighted by Crippen LogP contribution is 2.44. The minimum absolute atomic E-state index is 0.592. The van der Waals surface area contributed by atoms with E-state index in [1.807, 2.05) is 18.2 Å². The summed E-state index contributed by atoms with van der Waals surface area (Å²) in [6.07, 6.45) is 0. The Hall–Kier alpha value is -9.39. The number of para-hydroxylation sites is 3. The van der Waals surface area contributed by atoms with Gasteiger partial charge in [0.25, 0.3) is 0 Å². The molecule has 322 valence electrons. The second-order valence-electron chi connectivity index (χ2n) is 17.5. The van der Waals surface area contributed by atoms with Crippen molar-refractivity contribution in [2.24, 2.45) is 0 Å². The summed E-state index contributed by atoms with van der Waals surface area (Å²) in [4.78, 5) is 15.7. The van der Waals surface area contributed by atoms with Crippen LogP contribution in [-0.4, -0.2) is 24.1 Å². The highest BCUT2D eigenvalue weighted by molar-refractivity contribution is 6.26. The standard InChI is InChI=1S/C63H39N5O/c1-4-17-40(18-5-1)43-21-16-22-44(39-43)62-64-61(65-63(66-62)54-28-11-10-25-47(54)41-19-6-2-7-20-41)42-31-33-46(34-32-42)68-56-30-15-13-27-49(56)51-36-38-53-52-37-35-50-48-26-12-14-29-55(48)67(45-23-8-3-9-24-45)57(50)59(52)69-60(53)58(51)68/h1-39H. The zero-order valence-corrected chi connectivity index (χ0v) is 37.2. The lowest BCUT2D eigenvalue weighted by Crippen LogP contribution is -2.01. The lowest BCUT2D eigenvalue weighted by atomic mass is 9.99. The Morgan fingerprint density at radius 3 is 1.35 bits per heavy atom. The quantitative estimate of drug-likeness (QED) is 0.160. The molecule has 0 N–H and O–H groups in total. The van der Waals surface area contributed by atoms with E-state index in [1.165, 1.54) is 5.39 Å². The third-order valence-corrected chi connectivity index (χ3v) is 13.6. The van der Waals surface area contributed by atoms with E-state index in [-0.39, 0.29) is 0 Å². The number of nitrogens with zero attached hydrogens (tertiary/aromatic N) is 5. The number of rotatable bonds is 7. The van der Waals surface area contributed by atoms with Crippen molar-refractivity contribution in [1.29, 1.82) is 0 Å². The highest BCUT2D eigenvalue weighted by Gasteiger charge is 2.23. The van der Waals surface area contributed by atoms with Crippen LogP contribution in [0.2, 0.25) is 0 Å². The Labute approximate surface area is 396 Å². The van der Waals surface area contributed by atoms with Crippen molar-refractivity contribution in [3.63, 3.8) is 0 Å². The monoisotopic (exact) mass is 881 g/mol. The van der Waals surface area contributed by atoms with Crippen molar-refractivity contribution < 1.29 is 4.42 Å². The van der Waals surface area contributed by atoms with Crippen LogP contribution < -0.4 is 0 Å². The van der Waals surface area contributed by atoms with Crippen molar-refractivity contribution in [3.05, 3.63) is 237 Å². The Bertz CT molecular complexity index is 4280. The molecule has 14 rings (SSSR count). The normalized spacial score (nSPS) is 11.8. The molecule has 6 heteroatoms. The third-order valence-electron chi connectivity index (χ3n) is 13.6. The van der Waals surface area contributed by atoms with Crippen molar-refractivity contribution in [2.75, 3.05) is 0 Å². The van der Waals surface area contributed by atoms with Gasteiger partial charge in [0.05, 0.1) is 22.1 Å². The molecule has 0 atom stereocenters. The summed E-state index contributed by atoms with van der Waals surface area (Å²) in [5, 5.41) is 6.78. The molecule has 69 heavy (non-hydrogen) atoms. The van der Waals surface area contributed by atoms with Crippen LogP contribution in [0.3, 0.4) is 0 Å². The van der Waals surface area contributed by atoms with Gasteiger partial charge in [-0.2, -0.15) is 0 Å². The van der Waals surface area contributed by atoms with Gasteiger partial charge in [-0.1, -0.05) is 170 Å². The van der Waals surface area contributed by atoms with Crippen LogP contribution in [0.5, 0.6) is 0 Å². The topological polar surface area (TPSA) is 61.7 Å². The summed E-state index contributed by atoms with van der Waals surface area (Å²) in [6.45, 7) is 0. The molecule has 0 fully saturated rings. The van der Waals surface area contributed by atoms with Gasteiger partial charge in [-0.05, 0) is 89.0 Å². The molecule has 4 aromatic heterocycles. The fourth-order valence-corrected chi connectivity index (χ4v) is 10.4. The first-order valence-electron chi connectivity index (χ1n) is 23.3. The van der Waals surface area contributed by atoms with E-state index in [0.717, 1.165) is 110 Å². The van der Waals surface area contributed by atoms with E-state index >= 15 is 0 Å². The Balaban J connectivity index is 0.958. The van der Waals surface area contributed by atoms with Crippen molar-refractivity contribution in [2.45, 2.75) is 0 Å². The van der Waals surface area contributed by atoms with Gasteiger partial charge in [0.15, 0.2) is 28.6 Å². The summed E-state index contributed by atoms with van der Waals surface area (Å²) >= 11 is 0. The Morgan fingerprint density at radius 2 is 0.725 bits per heavy atom. The van der Waals surface area contributed by atoms with Gasteiger partial charge in [-0.25, -0.2) is 15.0 Å². The summed E-state index contributed by atoms with van der Waals surface area (Å²) < 4.78 is 12.0. The SMILES string of the molecule is c1ccc(-c2cccc(-c3nc(-c4ccc(-n5c6ccccc6c6ccc7c8ccc9c%10ccccc%10n(-c%10ccccc%10)c9c8oc7c65)cc4)nc(-c4ccccc4-c4ccccc4)n3)c2)cc1. The number of fused-ring (bicyclic) bond motifs is 11. The zero-order valence-electron chi connectivity index (χ0n) is 37.2. The molecular weight excluding hydrogens is 843 g/mol. The lowest BCUT2D eigenvalue weighted by molar-refractivity contribution is 0.673. The van der Waals surface area contributed by atoms with Gasteiger partial charge in [-0.15, -0.1) is 0 Å². The number of benzene rings is 10. The molecule has 6 nitrogen and oxygen atoms in total. The van der Waals surface area contributed by atoms with Crippen LogP contribution in [0.15, 0.2) is 241 Å². The first kappa shape index (κ1) is 38.8. The molecule has 0 unspecified atom stereocenters. The average Bonchev–Trinajstić information content (AvgIpc) is 4.10. The molecule has 0 amide bonds. The minimum Gasteiger partial charge on any atom is -0.452 e. The van der Waals surface area contributed by atoms with Crippen LogP contribution in [0.25, 0.3) is 133 Å². The second-order valence-corrected chi connectivity index (χ2v) is 17.5. The van der Waals surface area contributed by atoms with Crippen LogP contribution in [0.1, 0.15) is 0 Å². The maximum atomic E-state index is 7.28. The predicted molar refractivity (Wildman–Crippen MR) is 283 cm³/mol. The van der Waals surface area contributed by atoms with Gasteiger partial charge in [0, 0.05) is 60.4 Å². The average molecular weight is 882 g/mol. The summed E-state index contributed by atoms with van der Waals surface area (Å²) in [5.74, 6) is 1.81. The zero-order chi connectivity index (χ0) is 45.4. The van der Waals surface area contributed by atoms with Crippen LogP contribution in [-0.2, 0) is 0 Å².